The van der Waals surface area contributed by atoms with Gasteiger partial charge in [-0.15, -0.1) is 0 Å². The number of likely N-dealkylation sites (tertiary alicyclic amines) is 1. The maximum Gasteiger partial charge on any atom is 0.295 e. The van der Waals surface area contributed by atoms with Gasteiger partial charge in [-0.3, -0.25) is 9.59 Å². The number of ether oxygens (including phenoxy) is 1. The lowest BCUT2D eigenvalue weighted by Gasteiger charge is -2.25. The Morgan fingerprint density at radius 3 is 2.42 bits per heavy atom. The molecule has 1 heterocycles. The van der Waals surface area contributed by atoms with Crippen molar-refractivity contribution < 1.29 is 19.4 Å². The fraction of sp³-hybridized carbons (Fsp3) is 0.385. The lowest BCUT2D eigenvalue weighted by Crippen LogP contribution is -2.30. The Kier molecular flexibility index (Phi) is 6.12. The summed E-state index contributed by atoms with van der Waals surface area (Å²) in [6.45, 7) is 4.90. The molecule has 1 fully saturated rings. The van der Waals surface area contributed by atoms with Crippen LogP contribution in [0, 0.1) is 0 Å². The summed E-state index contributed by atoms with van der Waals surface area (Å²) in [4.78, 5) is 27.4. The van der Waals surface area contributed by atoms with Crippen LogP contribution in [0.4, 0.5) is 0 Å². The summed E-state index contributed by atoms with van der Waals surface area (Å²) in [5.74, 6) is -0.541. The van der Waals surface area contributed by atoms with Crippen LogP contribution in [-0.2, 0) is 22.4 Å². The van der Waals surface area contributed by atoms with E-state index in [1.165, 1.54) is 17.5 Å². The molecule has 0 spiro atoms. The molecule has 1 unspecified atom stereocenters. The molecule has 5 heteroatoms. The molecule has 2 aliphatic rings. The average molecular weight is 420 g/mol. The number of Topliss-reactive ketones (excluding diaryl/α,β-unsaturated/α-hetero) is 1. The molecule has 162 valence electrons. The van der Waals surface area contributed by atoms with E-state index < -0.39 is 17.7 Å². The third-order valence-corrected chi connectivity index (χ3v) is 6.13. The summed E-state index contributed by atoms with van der Waals surface area (Å²) in [6, 6.07) is 12.7. The first-order valence-corrected chi connectivity index (χ1v) is 11.2. The summed E-state index contributed by atoms with van der Waals surface area (Å²) in [7, 11) is 0. The Bertz CT molecular complexity index is 1020. The van der Waals surface area contributed by atoms with Gasteiger partial charge in [0.2, 0.25) is 0 Å². The minimum atomic E-state index is -0.623. The van der Waals surface area contributed by atoms with Crippen LogP contribution in [-0.4, -0.2) is 34.8 Å². The van der Waals surface area contributed by atoms with E-state index >= 15 is 0 Å². The second-order valence-electron chi connectivity index (χ2n) is 8.19. The Balaban J connectivity index is 1.80. The highest BCUT2D eigenvalue weighted by molar-refractivity contribution is 6.46. The molecular formula is C26H29NO4. The topological polar surface area (TPSA) is 66.8 Å². The van der Waals surface area contributed by atoms with E-state index in [9.17, 15) is 14.7 Å². The highest BCUT2D eigenvalue weighted by atomic mass is 16.5. The van der Waals surface area contributed by atoms with Gasteiger partial charge in [0, 0.05) is 12.1 Å². The molecule has 1 saturated heterocycles. The quantitative estimate of drug-likeness (QED) is 0.415. The average Bonchev–Trinajstić information content (AvgIpc) is 3.04. The number of amides is 1. The van der Waals surface area contributed by atoms with Crippen molar-refractivity contribution in [2.24, 2.45) is 0 Å². The highest BCUT2D eigenvalue weighted by Crippen LogP contribution is 2.40. The number of aryl methyl sites for hydroxylation is 2. The Morgan fingerprint density at radius 2 is 1.74 bits per heavy atom. The number of hydrogen-bond donors (Lipinski definition) is 1. The molecule has 0 radical (unpaired) electrons. The number of ketones is 1. The van der Waals surface area contributed by atoms with Crippen LogP contribution in [0.25, 0.3) is 5.76 Å². The monoisotopic (exact) mass is 419 g/mol. The minimum Gasteiger partial charge on any atom is -0.507 e. The number of hydrogen-bond acceptors (Lipinski definition) is 4. The van der Waals surface area contributed by atoms with E-state index in [-0.39, 0.29) is 11.3 Å². The second-order valence-corrected chi connectivity index (χ2v) is 8.19. The van der Waals surface area contributed by atoms with Crippen molar-refractivity contribution in [2.45, 2.75) is 52.0 Å². The number of aliphatic hydroxyl groups excluding tert-OH is 1. The number of carbonyl (C=O) groups is 2. The van der Waals surface area contributed by atoms with Crippen LogP contribution in [0.3, 0.4) is 0 Å². The molecule has 31 heavy (non-hydrogen) atoms. The van der Waals surface area contributed by atoms with E-state index in [1.807, 2.05) is 56.3 Å². The molecule has 1 N–H and O–H groups in total. The van der Waals surface area contributed by atoms with Gasteiger partial charge in [-0.05, 0) is 73.9 Å². The van der Waals surface area contributed by atoms with E-state index in [0.29, 0.717) is 18.7 Å². The fourth-order valence-corrected chi connectivity index (χ4v) is 4.65. The number of fused-ring (bicyclic) bond motifs is 1. The van der Waals surface area contributed by atoms with Crippen molar-refractivity contribution in [3.05, 3.63) is 70.3 Å². The fourth-order valence-electron chi connectivity index (χ4n) is 4.65. The van der Waals surface area contributed by atoms with Crippen LogP contribution in [0.15, 0.2) is 48.0 Å². The van der Waals surface area contributed by atoms with Gasteiger partial charge in [-0.25, -0.2) is 0 Å². The van der Waals surface area contributed by atoms with Crippen molar-refractivity contribution in [3.8, 4) is 5.75 Å². The molecule has 0 bridgehead atoms. The molecule has 5 nitrogen and oxygen atoms in total. The van der Waals surface area contributed by atoms with E-state index in [2.05, 4.69) is 0 Å². The van der Waals surface area contributed by atoms with Gasteiger partial charge in [-0.1, -0.05) is 31.2 Å². The molecule has 0 saturated carbocycles. The van der Waals surface area contributed by atoms with Crippen molar-refractivity contribution in [3.63, 3.8) is 0 Å². The molecule has 2 aromatic carbocycles. The van der Waals surface area contributed by atoms with Crippen molar-refractivity contribution in [2.75, 3.05) is 13.2 Å². The number of aliphatic hydroxyl groups is 1. The van der Waals surface area contributed by atoms with Crippen molar-refractivity contribution in [1.29, 1.82) is 0 Å². The zero-order chi connectivity index (χ0) is 22.0. The number of carbonyl (C=O) groups excluding carboxylic acids is 2. The summed E-state index contributed by atoms with van der Waals surface area (Å²) < 4.78 is 5.53. The second kappa shape index (κ2) is 8.96. The molecule has 1 aliphatic heterocycles. The minimum absolute atomic E-state index is 0.0933. The maximum atomic E-state index is 13.0. The Labute approximate surface area is 183 Å². The third kappa shape index (κ3) is 3.97. The van der Waals surface area contributed by atoms with E-state index in [1.54, 1.807) is 4.90 Å². The molecular weight excluding hydrogens is 390 g/mol. The molecule has 1 atom stereocenters. The van der Waals surface area contributed by atoms with Gasteiger partial charge < -0.3 is 14.7 Å². The van der Waals surface area contributed by atoms with Crippen LogP contribution < -0.4 is 4.74 Å². The SMILES string of the molecule is CCCN1C(=O)C(=O)/C(=C(\O)c2ccc3c(c2)CCCC3)C1c1ccc(OCC)cc1. The van der Waals surface area contributed by atoms with Crippen molar-refractivity contribution >= 4 is 17.4 Å². The normalized spacial score (nSPS) is 20.1. The molecule has 4 rings (SSSR count). The predicted octanol–water partition coefficient (Wildman–Crippen LogP) is 4.80. The number of rotatable bonds is 6. The third-order valence-electron chi connectivity index (χ3n) is 6.13. The summed E-state index contributed by atoms with van der Waals surface area (Å²) in [5, 5.41) is 11.2. The van der Waals surface area contributed by atoms with E-state index in [4.69, 9.17) is 4.74 Å². The zero-order valence-electron chi connectivity index (χ0n) is 18.2. The number of benzene rings is 2. The largest absolute Gasteiger partial charge is 0.507 e. The van der Waals surface area contributed by atoms with Gasteiger partial charge in [0.05, 0.1) is 18.2 Å². The predicted molar refractivity (Wildman–Crippen MR) is 120 cm³/mol. The van der Waals surface area contributed by atoms with Gasteiger partial charge >= 0.3 is 0 Å². The van der Waals surface area contributed by atoms with Crippen LogP contribution in [0.1, 0.15) is 61.4 Å². The standard InChI is InChI=1S/C26H29NO4/c1-3-15-27-23(18-11-13-21(14-12-18)31-4-2)22(25(29)26(27)30)24(28)20-10-9-17-7-5-6-8-19(17)16-20/h9-14,16,23,28H,3-8,15H2,1-2H3/b24-22-. The van der Waals surface area contributed by atoms with Crippen LogP contribution in [0.5, 0.6) is 5.75 Å². The molecule has 1 aliphatic carbocycles. The Morgan fingerprint density at radius 1 is 1.03 bits per heavy atom. The molecule has 1 amide bonds. The zero-order valence-corrected chi connectivity index (χ0v) is 18.2. The molecule has 2 aromatic rings. The lowest BCUT2D eigenvalue weighted by atomic mass is 9.88. The van der Waals surface area contributed by atoms with E-state index in [0.717, 1.165) is 37.0 Å². The number of nitrogens with zero attached hydrogens (tertiary/aromatic N) is 1. The summed E-state index contributed by atoms with van der Waals surface area (Å²) in [5.41, 5.74) is 4.08. The van der Waals surface area contributed by atoms with Gasteiger partial charge in [-0.2, -0.15) is 0 Å². The van der Waals surface area contributed by atoms with Crippen LogP contribution >= 0.6 is 0 Å². The maximum absolute atomic E-state index is 13.0. The van der Waals surface area contributed by atoms with Crippen LogP contribution in [0.2, 0.25) is 0 Å². The van der Waals surface area contributed by atoms with Gasteiger partial charge in [0.15, 0.2) is 0 Å². The summed E-state index contributed by atoms with van der Waals surface area (Å²) >= 11 is 0. The lowest BCUT2D eigenvalue weighted by molar-refractivity contribution is -0.139. The first kappa shape index (κ1) is 21.2. The smallest absolute Gasteiger partial charge is 0.295 e. The Hall–Kier alpha value is -3.08. The molecule has 0 aromatic heterocycles. The van der Waals surface area contributed by atoms with Crippen molar-refractivity contribution in [1.82, 2.24) is 4.90 Å². The summed E-state index contributed by atoms with van der Waals surface area (Å²) in [6.07, 6.45) is 5.05. The first-order chi connectivity index (χ1) is 15.0. The highest BCUT2D eigenvalue weighted by Gasteiger charge is 2.45. The van der Waals surface area contributed by atoms with Gasteiger partial charge in [0.25, 0.3) is 11.7 Å². The first-order valence-electron chi connectivity index (χ1n) is 11.2. The van der Waals surface area contributed by atoms with Gasteiger partial charge in [0.1, 0.15) is 11.5 Å².